The molecule has 0 unspecified atom stereocenters. The first-order valence-corrected chi connectivity index (χ1v) is 11.1. The van der Waals surface area contributed by atoms with Gasteiger partial charge in [0.2, 0.25) is 0 Å². The molecule has 8 heteroatoms. The maximum absolute atomic E-state index is 12.6. The SMILES string of the molecule is COc1ccc(S(=O)(=O)CCNC(=O)c2sc(C)nc2-c2ccccc2)cc1. The maximum Gasteiger partial charge on any atom is 0.263 e. The third kappa shape index (κ3) is 4.58. The Morgan fingerprint density at radius 3 is 2.43 bits per heavy atom. The number of carbonyl (C=O) groups excluding carboxylic acids is 1. The smallest absolute Gasteiger partial charge is 0.263 e. The summed E-state index contributed by atoms with van der Waals surface area (Å²) >= 11 is 1.29. The highest BCUT2D eigenvalue weighted by Gasteiger charge is 2.19. The number of hydrogen-bond acceptors (Lipinski definition) is 6. The van der Waals surface area contributed by atoms with Crippen molar-refractivity contribution in [2.75, 3.05) is 19.4 Å². The van der Waals surface area contributed by atoms with Gasteiger partial charge in [-0.25, -0.2) is 13.4 Å². The normalized spacial score (nSPS) is 11.2. The van der Waals surface area contributed by atoms with E-state index in [0.717, 1.165) is 10.6 Å². The van der Waals surface area contributed by atoms with Crippen molar-refractivity contribution in [1.82, 2.24) is 10.3 Å². The predicted octanol–water partition coefficient (Wildman–Crippen LogP) is 3.33. The second-order valence-electron chi connectivity index (χ2n) is 6.03. The summed E-state index contributed by atoms with van der Waals surface area (Å²) in [4.78, 5) is 17.7. The van der Waals surface area contributed by atoms with Gasteiger partial charge in [-0.3, -0.25) is 4.79 Å². The number of rotatable bonds is 7. The highest BCUT2D eigenvalue weighted by molar-refractivity contribution is 7.91. The molecule has 0 aliphatic heterocycles. The summed E-state index contributed by atoms with van der Waals surface area (Å²) in [7, 11) is -1.98. The van der Waals surface area contributed by atoms with Crippen LogP contribution in [0.5, 0.6) is 5.75 Å². The van der Waals surface area contributed by atoms with E-state index in [1.54, 1.807) is 12.1 Å². The van der Waals surface area contributed by atoms with Crippen LogP contribution >= 0.6 is 11.3 Å². The molecule has 146 valence electrons. The van der Waals surface area contributed by atoms with Crippen molar-refractivity contribution in [2.45, 2.75) is 11.8 Å². The zero-order valence-corrected chi connectivity index (χ0v) is 17.1. The molecule has 3 aromatic rings. The lowest BCUT2D eigenvalue weighted by Crippen LogP contribution is -2.29. The van der Waals surface area contributed by atoms with Crippen molar-refractivity contribution in [3.05, 3.63) is 64.5 Å². The fourth-order valence-corrected chi connectivity index (χ4v) is 4.67. The third-order valence-corrected chi connectivity index (χ3v) is 6.76. The molecule has 0 saturated carbocycles. The van der Waals surface area contributed by atoms with Gasteiger partial charge in [-0.05, 0) is 31.2 Å². The minimum Gasteiger partial charge on any atom is -0.497 e. The Hall–Kier alpha value is -2.71. The number of benzene rings is 2. The van der Waals surface area contributed by atoms with Gasteiger partial charge in [-0.2, -0.15) is 0 Å². The van der Waals surface area contributed by atoms with Crippen LogP contribution < -0.4 is 10.1 Å². The van der Waals surface area contributed by atoms with E-state index in [1.807, 2.05) is 37.3 Å². The van der Waals surface area contributed by atoms with Crippen LogP contribution in [-0.2, 0) is 9.84 Å². The zero-order chi connectivity index (χ0) is 20.1. The number of aromatic nitrogens is 1. The number of methoxy groups -OCH3 is 1. The summed E-state index contributed by atoms with van der Waals surface area (Å²) in [5, 5.41) is 3.47. The molecule has 0 radical (unpaired) electrons. The number of thiazole rings is 1. The molecule has 0 fully saturated rings. The monoisotopic (exact) mass is 416 g/mol. The Bertz CT molecular complexity index is 1060. The predicted molar refractivity (Wildman–Crippen MR) is 110 cm³/mol. The van der Waals surface area contributed by atoms with Gasteiger partial charge in [0, 0.05) is 12.1 Å². The molecule has 0 atom stereocenters. The standard InChI is InChI=1S/C20H20N2O4S2/c1-14-22-18(15-6-4-3-5-7-15)19(27-14)20(23)21-12-13-28(24,25)17-10-8-16(26-2)9-11-17/h3-11H,12-13H2,1-2H3,(H,21,23). The van der Waals surface area contributed by atoms with Gasteiger partial charge in [-0.15, -0.1) is 11.3 Å². The van der Waals surface area contributed by atoms with Crippen LogP contribution in [0.15, 0.2) is 59.5 Å². The molecule has 2 aromatic carbocycles. The van der Waals surface area contributed by atoms with E-state index in [-0.39, 0.29) is 23.1 Å². The summed E-state index contributed by atoms with van der Waals surface area (Å²) in [6.07, 6.45) is 0. The Morgan fingerprint density at radius 1 is 1.11 bits per heavy atom. The average Bonchev–Trinajstić information content (AvgIpc) is 3.10. The fraction of sp³-hybridized carbons (Fsp3) is 0.200. The minimum atomic E-state index is -3.50. The van der Waals surface area contributed by atoms with Crippen LogP contribution in [-0.4, -0.2) is 38.7 Å². The van der Waals surface area contributed by atoms with Gasteiger partial charge in [-0.1, -0.05) is 30.3 Å². The molecular formula is C20H20N2O4S2. The van der Waals surface area contributed by atoms with E-state index < -0.39 is 9.84 Å². The number of aryl methyl sites for hydroxylation is 1. The molecule has 1 N–H and O–H groups in total. The average molecular weight is 417 g/mol. The number of hydrogen-bond donors (Lipinski definition) is 1. The minimum absolute atomic E-state index is 0.0123. The van der Waals surface area contributed by atoms with Crippen molar-refractivity contribution >= 4 is 27.1 Å². The van der Waals surface area contributed by atoms with Gasteiger partial charge in [0.05, 0.1) is 28.5 Å². The summed E-state index contributed by atoms with van der Waals surface area (Å²) in [5.74, 6) is 0.0689. The highest BCUT2D eigenvalue weighted by Crippen LogP contribution is 2.27. The first-order chi connectivity index (χ1) is 13.4. The van der Waals surface area contributed by atoms with Crippen molar-refractivity contribution < 1.29 is 17.9 Å². The summed E-state index contributed by atoms with van der Waals surface area (Å²) in [6, 6.07) is 15.6. The molecule has 6 nitrogen and oxygen atoms in total. The van der Waals surface area contributed by atoms with Crippen molar-refractivity contribution in [3.8, 4) is 17.0 Å². The Morgan fingerprint density at radius 2 is 1.79 bits per heavy atom. The quantitative estimate of drug-likeness (QED) is 0.639. The fourth-order valence-electron chi connectivity index (χ4n) is 2.65. The van der Waals surface area contributed by atoms with E-state index in [9.17, 15) is 13.2 Å². The Labute approximate surface area is 168 Å². The van der Waals surface area contributed by atoms with E-state index in [1.165, 1.54) is 30.6 Å². The number of nitrogens with one attached hydrogen (secondary N) is 1. The van der Waals surface area contributed by atoms with Crippen LogP contribution in [0.25, 0.3) is 11.3 Å². The number of nitrogens with zero attached hydrogens (tertiary/aromatic N) is 1. The van der Waals surface area contributed by atoms with Gasteiger partial charge < -0.3 is 10.1 Å². The summed E-state index contributed by atoms with van der Waals surface area (Å²) < 4.78 is 29.9. The van der Waals surface area contributed by atoms with Crippen molar-refractivity contribution in [3.63, 3.8) is 0 Å². The zero-order valence-electron chi connectivity index (χ0n) is 15.5. The van der Waals surface area contributed by atoms with Crippen LogP contribution in [0.1, 0.15) is 14.7 Å². The van der Waals surface area contributed by atoms with Gasteiger partial charge in [0.1, 0.15) is 10.6 Å². The first-order valence-electron chi connectivity index (χ1n) is 8.58. The second-order valence-corrected chi connectivity index (χ2v) is 9.34. The topological polar surface area (TPSA) is 85.4 Å². The lowest BCUT2D eigenvalue weighted by molar-refractivity contribution is 0.0960. The molecule has 0 aliphatic carbocycles. The number of sulfone groups is 1. The van der Waals surface area contributed by atoms with Crippen LogP contribution in [0.4, 0.5) is 0 Å². The third-order valence-electron chi connectivity index (χ3n) is 4.06. The van der Waals surface area contributed by atoms with Gasteiger partial charge >= 0.3 is 0 Å². The number of amides is 1. The molecule has 0 bridgehead atoms. The van der Waals surface area contributed by atoms with E-state index in [4.69, 9.17) is 4.74 Å². The summed E-state index contributed by atoms with van der Waals surface area (Å²) in [5.41, 5.74) is 1.46. The molecule has 0 spiro atoms. The summed E-state index contributed by atoms with van der Waals surface area (Å²) in [6.45, 7) is 1.85. The van der Waals surface area contributed by atoms with Gasteiger partial charge in [0.15, 0.2) is 9.84 Å². The van der Waals surface area contributed by atoms with E-state index in [0.29, 0.717) is 16.3 Å². The van der Waals surface area contributed by atoms with Crippen molar-refractivity contribution in [2.24, 2.45) is 0 Å². The van der Waals surface area contributed by atoms with Crippen LogP contribution in [0.2, 0.25) is 0 Å². The molecule has 28 heavy (non-hydrogen) atoms. The van der Waals surface area contributed by atoms with Crippen LogP contribution in [0.3, 0.4) is 0 Å². The molecule has 3 rings (SSSR count). The van der Waals surface area contributed by atoms with E-state index >= 15 is 0 Å². The molecule has 0 saturated heterocycles. The largest absolute Gasteiger partial charge is 0.497 e. The highest BCUT2D eigenvalue weighted by atomic mass is 32.2. The molecule has 1 amide bonds. The van der Waals surface area contributed by atoms with Crippen molar-refractivity contribution in [1.29, 1.82) is 0 Å². The second kappa shape index (κ2) is 8.53. The van der Waals surface area contributed by atoms with Gasteiger partial charge in [0.25, 0.3) is 5.91 Å². The number of carbonyl (C=O) groups is 1. The Kier molecular flexibility index (Phi) is 6.11. The molecule has 1 aromatic heterocycles. The first kappa shape index (κ1) is 20.0. The molecular weight excluding hydrogens is 396 g/mol. The molecule has 1 heterocycles. The Balaban J connectivity index is 1.68. The molecule has 0 aliphatic rings. The van der Waals surface area contributed by atoms with Crippen LogP contribution in [0, 0.1) is 6.92 Å². The van der Waals surface area contributed by atoms with E-state index in [2.05, 4.69) is 10.3 Å². The lowest BCUT2D eigenvalue weighted by Gasteiger charge is -2.08. The lowest BCUT2D eigenvalue weighted by atomic mass is 10.1. The number of ether oxygens (including phenoxy) is 1. The maximum atomic E-state index is 12.6.